The molecule has 0 aliphatic rings. The Labute approximate surface area is 78.9 Å². The van der Waals surface area contributed by atoms with Gasteiger partial charge in [-0.15, -0.1) is 0 Å². The molecular formula is C8H8ClF2NO. The normalized spacial score (nSPS) is 10.5. The highest BCUT2D eigenvalue weighted by Crippen LogP contribution is 2.31. The van der Waals surface area contributed by atoms with Gasteiger partial charge in [-0.1, -0.05) is 11.6 Å². The van der Waals surface area contributed by atoms with Crippen LogP contribution in [-0.2, 0) is 6.42 Å². The summed E-state index contributed by atoms with van der Waals surface area (Å²) in [6.45, 7) is 0.115. The Kier molecular flexibility index (Phi) is 3.06. The smallest absolute Gasteiger partial charge is 0.165 e. The number of phenols is 1. The Hall–Kier alpha value is -0.870. The molecule has 3 N–H and O–H groups in total. The van der Waals surface area contributed by atoms with Crippen LogP contribution in [0.2, 0.25) is 5.02 Å². The Morgan fingerprint density at radius 2 is 2.08 bits per heavy atom. The summed E-state index contributed by atoms with van der Waals surface area (Å²) in [5.74, 6) is -2.61. The van der Waals surface area contributed by atoms with Gasteiger partial charge in [0.15, 0.2) is 11.6 Å². The number of halogens is 3. The maximum absolute atomic E-state index is 13.0. The van der Waals surface area contributed by atoms with Crippen LogP contribution in [0.15, 0.2) is 6.07 Å². The number of hydrogen-bond donors (Lipinski definition) is 2. The zero-order valence-electron chi connectivity index (χ0n) is 6.65. The minimum Gasteiger partial charge on any atom is -0.506 e. The molecule has 0 amide bonds. The monoisotopic (exact) mass is 207 g/mol. The van der Waals surface area contributed by atoms with Crippen LogP contribution in [-0.4, -0.2) is 11.7 Å². The van der Waals surface area contributed by atoms with Crippen molar-refractivity contribution in [1.82, 2.24) is 0 Å². The highest BCUT2D eigenvalue weighted by atomic mass is 35.5. The standard InChI is InChI=1S/C8H8ClF2NO/c9-5-3-6(10)7(11)4(1-2-12)8(5)13/h3,13H,1-2,12H2. The number of aromatic hydroxyl groups is 1. The fourth-order valence-corrected chi connectivity index (χ4v) is 1.22. The third-order valence-corrected chi connectivity index (χ3v) is 1.92. The van der Waals surface area contributed by atoms with Crippen LogP contribution in [0.1, 0.15) is 5.56 Å². The van der Waals surface area contributed by atoms with E-state index in [1.807, 2.05) is 0 Å². The van der Waals surface area contributed by atoms with Crippen LogP contribution in [0.3, 0.4) is 0 Å². The van der Waals surface area contributed by atoms with E-state index in [2.05, 4.69) is 0 Å². The first-order chi connectivity index (χ1) is 6.07. The average Bonchev–Trinajstić information content (AvgIpc) is 2.09. The molecule has 1 aromatic rings. The van der Waals surface area contributed by atoms with Gasteiger partial charge in [-0.3, -0.25) is 0 Å². The van der Waals surface area contributed by atoms with E-state index in [0.29, 0.717) is 0 Å². The lowest BCUT2D eigenvalue weighted by molar-refractivity contribution is 0.442. The van der Waals surface area contributed by atoms with Gasteiger partial charge < -0.3 is 10.8 Å². The molecule has 13 heavy (non-hydrogen) atoms. The summed E-state index contributed by atoms with van der Waals surface area (Å²) in [6.07, 6.45) is 0.0507. The molecule has 0 spiro atoms. The number of nitrogens with two attached hydrogens (primary N) is 1. The van der Waals surface area contributed by atoms with Crippen molar-refractivity contribution < 1.29 is 13.9 Å². The Morgan fingerprint density at radius 3 is 2.62 bits per heavy atom. The van der Waals surface area contributed by atoms with Crippen LogP contribution in [0.25, 0.3) is 0 Å². The van der Waals surface area contributed by atoms with Gasteiger partial charge in [0.25, 0.3) is 0 Å². The molecule has 0 unspecified atom stereocenters. The molecule has 2 nitrogen and oxygen atoms in total. The lowest BCUT2D eigenvalue weighted by Gasteiger charge is -2.06. The summed E-state index contributed by atoms with van der Waals surface area (Å²) in [6, 6.07) is 0.728. The molecule has 0 heterocycles. The van der Waals surface area contributed by atoms with Crippen molar-refractivity contribution in [2.45, 2.75) is 6.42 Å². The molecular weight excluding hydrogens is 200 g/mol. The van der Waals surface area contributed by atoms with Gasteiger partial charge in [-0.05, 0) is 19.0 Å². The van der Waals surface area contributed by atoms with E-state index in [1.165, 1.54) is 0 Å². The van der Waals surface area contributed by atoms with E-state index in [9.17, 15) is 13.9 Å². The topological polar surface area (TPSA) is 46.2 Å². The van der Waals surface area contributed by atoms with Gasteiger partial charge >= 0.3 is 0 Å². The van der Waals surface area contributed by atoms with Gasteiger partial charge in [0.2, 0.25) is 0 Å². The SMILES string of the molecule is NCCc1c(O)c(Cl)cc(F)c1F. The lowest BCUT2D eigenvalue weighted by atomic mass is 10.1. The predicted molar refractivity (Wildman–Crippen MR) is 45.8 cm³/mol. The summed E-state index contributed by atoms with van der Waals surface area (Å²) >= 11 is 5.43. The number of rotatable bonds is 2. The second-order valence-electron chi connectivity index (χ2n) is 2.52. The lowest BCUT2D eigenvalue weighted by Crippen LogP contribution is -2.06. The second kappa shape index (κ2) is 3.89. The number of benzene rings is 1. The van der Waals surface area contributed by atoms with E-state index in [0.717, 1.165) is 6.07 Å². The summed E-state index contributed by atoms with van der Waals surface area (Å²) in [7, 11) is 0. The minimum absolute atomic E-state index is 0.0507. The van der Waals surface area contributed by atoms with Crippen molar-refractivity contribution in [3.05, 3.63) is 28.3 Å². The molecule has 0 fully saturated rings. The van der Waals surface area contributed by atoms with Crippen molar-refractivity contribution in [3.8, 4) is 5.75 Å². The third kappa shape index (κ3) is 1.89. The first kappa shape index (κ1) is 10.2. The van der Waals surface area contributed by atoms with E-state index in [4.69, 9.17) is 17.3 Å². The molecule has 0 bridgehead atoms. The number of phenolic OH excluding ortho intramolecular Hbond substituents is 1. The summed E-state index contributed by atoms with van der Waals surface area (Å²) in [5.41, 5.74) is 4.98. The first-order valence-electron chi connectivity index (χ1n) is 3.63. The van der Waals surface area contributed by atoms with Crippen LogP contribution >= 0.6 is 11.6 Å². The van der Waals surface area contributed by atoms with Gasteiger partial charge in [0.05, 0.1) is 5.02 Å². The van der Waals surface area contributed by atoms with Gasteiger partial charge in [0.1, 0.15) is 5.75 Å². The highest BCUT2D eigenvalue weighted by Gasteiger charge is 2.15. The predicted octanol–water partition coefficient (Wildman–Crippen LogP) is 1.82. The molecule has 0 radical (unpaired) electrons. The Bertz CT molecular complexity index is 304. The van der Waals surface area contributed by atoms with Gasteiger partial charge in [-0.2, -0.15) is 0 Å². The van der Waals surface area contributed by atoms with Crippen LogP contribution in [0.5, 0.6) is 5.75 Å². The minimum atomic E-state index is -1.09. The summed E-state index contributed by atoms with van der Waals surface area (Å²) in [4.78, 5) is 0. The zero-order chi connectivity index (χ0) is 10.0. The third-order valence-electron chi connectivity index (χ3n) is 1.63. The highest BCUT2D eigenvalue weighted by molar-refractivity contribution is 6.32. The van der Waals surface area contributed by atoms with Crippen LogP contribution < -0.4 is 5.73 Å². The van der Waals surface area contributed by atoms with Crippen molar-refractivity contribution in [3.63, 3.8) is 0 Å². The molecule has 0 aliphatic heterocycles. The van der Waals surface area contributed by atoms with E-state index in [1.54, 1.807) is 0 Å². The zero-order valence-corrected chi connectivity index (χ0v) is 7.41. The molecule has 72 valence electrons. The quantitative estimate of drug-likeness (QED) is 0.727. The van der Waals surface area contributed by atoms with E-state index < -0.39 is 17.4 Å². The molecule has 0 atom stereocenters. The molecule has 0 aromatic heterocycles. The molecule has 1 aromatic carbocycles. The van der Waals surface area contributed by atoms with Crippen LogP contribution in [0, 0.1) is 11.6 Å². The van der Waals surface area contributed by atoms with Gasteiger partial charge in [-0.25, -0.2) is 8.78 Å². The van der Waals surface area contributed by atoms with Crippen LogP contribution in [0.4, 0.5) is 8.78 Å². The fourth-order valence-electron chi connectivity index (χ4n) is 1.01. The fraction of sp³-hybridized carbons (Fsp3) is 0.250. The van der Waals surface area contributed by atoms with E-state index in [-0.39, 0.29) is 23.6 Å². The van der Waals surface area contributed by atoms with Crippen molar-refractivity contribution in [2.75, 3.05) is 6.54 Å². The summed E-state index contributed by atoms with van der Waals surface area (Å²) in [5, 5.41) is 9.03. The maximum atomic E-state index is 13.0. The largest absolute Gasteiger partial charge is 0.506 e. The number of hydrogen-bond acceptors (Lipinski definition) is 2. The Balaban J connectivity index is 3.28. The van der Waals surface area contributed by atoms with E-state index >= 15 is 0 Å². The summed E-state index contributed by atoms with van der Waals surface area (Å²) < 4.78 is 25.7. The van der Waals surface area contributed by atoms with Crippen molar-refractivity contribution in [2.24, 2.45) is 5.73 Å². The molecule has 5 heteroatoms. The molecule has 0 saturated carbocycles. The average molecular weight is 208 g/mol. The maximum Gasteiger partial charge on any atom is 0.165 e. The molecule has 0 saturated heterocycles. The van der Waals surface area contributed by atoms with Gasteiger partial charge in [0, 0.05) is 5.56 Å². The van der Waals surface area contributed by atoms with Crippen molar-refractivity contribution in [1.29, 1.82) is 0 Å². The Morgan fingerprint density at radius 1 is 1.46 bits per heavy atom. The molecule has 1 rings (SSSR count). The van der Waals surface area contributed by atoms with Crippen molar-refractivity contribution >= 4 is 11.6 Å². The first-order valence-corrected chi connectivity index (χ1v) is 4.01. The second-order valence-corrected chi connectivity index (χ2v) is 2.93. The molecule has 0 aliphatic carbocycles.